The minimum Gasteiger partial charge on any atom is -0.444 e. The summed E-state index contributed by atoms with van der Waals surface area (Å²) >= 11 is 0. The number of benzene rings is 1. The molecule has 1 saturated heterocycles. The van der Waals surface area contributed by atoms with Crippen LogP contribution in [0.2, 0.25) is 0 Å². The number of piperidine rings is 1. The smallest absolute Gasteiger partial charge is 0.247 e. The number of hydrogen-bond donors (Lipinski definition) is 0. The summed E-state index contributed by atoms with van der Waals surface area (Å²) in [6.07, 6.45) is 5.96. The topological polar surface area (TPSA) is 81.2 Å². The van der Waals surface area contributed by atoms with Gasteiger partial charge in [-0.05, 0) is 37.5 Å². The SMILES string of the molecule is Cc1nn(C)cc1S(=O)(=O)N1CCCCC1c1ncc(Cc2ccc(F)cc2)o1. The maximum atomic E-state index is 13.3. The molecule has 1 aliphatic rings. The summed E-state index contributed by atoms with van der Waals surface area (Å²) in [5.41, 5.74) is 1.37. The van der Waals surface area contributed by atoms with Gasteiger partial charge in [0.1, 0.15) is 22.5 Å². The van der Waals surface area contributed by atoms with E-state index in [0.29, 0.717) is 36.7 Å². The van der Waals surface area contributed by atoms with E-state index in [4.69, 9.17) is 4.42 Å². The van der Waals surface area contributed by atoms with Crippen LogP contribution >= 0.6 is 0 Å². The molecule has 1 unspecified atom stereocenters. The second kappa shape index (κ2) is 7.72. The van der Waals surface area contributed by atoms with Gasteiger partial charge < -0.3 is 4.42 Å². The van der Waals surface area contributed by atoms with E-state index in [0.717, 1.165) is 18.4 Å². The number of oxazole rings is 1. The monoisotopic (exact) mass is 418 g/mol. The molecule has 0 bridgehead atoms. The fourth-order valence-electron chi connectivity index (χ4n) is 3.76. The van der Waals surface area contributed by atoms with Gasteiger partial charge in [-0.1, -0.05) is 18.6 Å². The predicted octanol–water partition coefficient (Wildman–Crippen LogP) is 3.36. The molecule has 0 radical (unpaired) electrons. The largest absolute Gasteiger partial charge is 0.444 e. The zero-order valence-electron chi connectivity index (χ0n) is 16.4. The Morgan fingerprint density at radius 1 is 1.24 bits per heavy atom. The molecule has 0 aliphatic carbocycles. The van der Waals surface area contributed by atoms with E-state index in [1.807, 2.05) is 0 Å². The highest BCUT2D eigenvalue weighted by Gasteiger charge is 2.38. The number of sulfonamides is 1. The van der Waals surface area contributed by atoms with Gasteiger partial charge in [-0.15, -0.1) is 0 Å². The van der Waals surface area contributed by atoms with Crippen LogP contribution in [0, 0.1) is 12.7 Å². The molecule has 0 amide bonds. The van der Waals surface area contributed by atoms with Crippen LogP contribution in [0.5, 0.6) is 0 Å². The molecule has 3 heterocycles. The van der Waals surface area contributed by atoms with Crippen LogP contribution in [0.3, 0.4) is 0 Å². The number of nitrogens with zero attached hydrogens (tertiary/aromatic N) is 4. The Labute approximate surface area is 169 Å². The molecular weight excluding hydrogens is 395 g/mol. The number of halogens is 1. The lowest BCUT2D eigenvalue weighted by Gasteiger charge is -2.32. The van der Waals surface area contributed by atoms with Gasteiger partial charge >= 0.3 is 0 Å². The van der Waals surface area contributed by atoms with E-state index < -0.39 is 16.1 Å². The van der Waals surface area contributed by atoms with Crippen molar-refractivity contribution in [3.63, 3.8) is 0 Å². The summed E-state index contributed by atoms with van der Waals surface area (Å²) in [5, 5.41) is 4.17. The van der Waals surface area contributed by atoms with Crippen LogP contribution < -0.4 is 0 Å². The number of rotatable bonds is 5. The average molecular weight is 418 g/mol. The zero-order valence-corrected chi connectivity index (χ0v) is 17.2. The van der Waals surface area contributed by atoms with Gasteiger partial charge in [0.05, 0.1) is 11.9 Å². The van der Waals surface area contributed by atoms with Gasteiger partial charge in [-0.3, -0.25) is 4.68 Å². The lowest BCUT2D eigenvalue weighted by Crippen LogP contribution is -2.38. The Bertz CT molecular complexity index is 1110. The van der Waals surface area contributed by atoms with E-state index >= 15 is 0 Å². The van der Waals surface area contributed by atoms with Gasteiger partial charge in [-0.25, -0.2) is 17.8 Å². The molecule has 29 heavy (non-hydrogen) atoms. The van der Waals surface area contributed by atoms with Crippen LogP contribution in [0.1, 0.15) is 48.2 Å². The highest BCUT2D eigenvalue weighted by Crippen LogP contribution is 2.36. The van der Waals surface area contributed by atoms with Crippen LogP contribution in [0.4, 0.5) is 4.39 Å². The normalized spacial score (nSPS) is 18.2. The second-order valence-corrected chi connectivity index (χ2v) is 9.21. The highest BCUT2D eigenvalue weighted by atomic mass is 32.2. The van der Waals surface area contributed by atoms with Gasteiger partial charge in [0.25, 0.3) is 0 Å². The highest BCUT2D eigenvalue weighted by molar-refractivity contribution is 7.89. The molecule has 9 heteroatoms. The van der Waals surface area contributed by atoms with Crippen LogP contribution in [-0.4, -0.2) is 34.0 Å². The molecule has 1 aliphatic heterocycles. The number of hydrogen-bond acceptors (Lipinski definition) is 5. The van der Waals surface area contributed by atoms with Crippen molar-refractivity contribution in [2.75, 3.05) is 6.54 Å². The summed E-state index contributed by atoms with van der Waals surface area (Å²) in [5.74, 6) is 0.722. The fraction of sp³-hybridized carbons (Fsp3) is 0.400. The molecule has 0 saturated carbocycles. The third-order valence-corrected chi connectivity index (χ3v) is 7.17. The fourth-order valence-corrected chi connectivity index (χ4v) is 5.61. The molecule has 0 spiro atoms. The minimum atomic E-state index is -3.72. The molecule has 7 nitrogen and oxygen atoms in total. The van der Waals surface area contributed by atoms with Crippen molar-refractivity contribution in [3.8, 4) is 0 Å². The minimum absolute atomic E-state index is 0.213. The van der Waals surface area contributed by atoms with Crippen molar-refractivity contribution in [1.82, 2.24) is 19.1 Å². The van der Waals surface area contributed by atoms with Crippen LogP contribution in [0.25, 0.3) is 0 Å². The van der Waals surface area contributed by atoms with Crippen molar-refractivity contribution in [1.29, 1.82) is 0 Å². The van der Waals surface area contributed by atoms with Gasteiger partial charge in [0.15, 0.2) is 0 Å². The standard InChI is InChI=1S/C20H23FN4O3S/c1-14-19(13-24(2)23-14)29(26,27)25-10-4-3-5-18(25)20-22-12-17(28-20)11-15-6-8-16(21)9-7-15/h6-9,12-13,18H,3-5,10-11H2,1-2H3. The molecular formula is C20H23FN4O3S. The maximum Gasteiger partial charge on any atom is 0.247 e. The van der Waals surface area contributed by atoms with Crippen molar-refractivity contribution < 1.29 is 17.2 Å². The third kappa shape index (κ3) is 3.97. The first-order valence-corrected chi connectivity index (χ1v) is 11.0. The summed E-state index contributed by atoms with van der Waals surface area (Å²) in [7, 11) is -2.01. The average Bonchev–Trinajstić information content (AvgIpc) is 3.30. The molecule has 154 valence electrons. The Morgan fingerprint density at radius 2 is 2.00 bits per heavy atom. The number of aryl methyl sites for hydroxylation is 2. The molecule has 1 atom stereocenters. The zero-order chi connectivity index (χ0) is 20.6. The third-order valence-electron chi connectivity index (χ3n) is 5.16. The van der Waals surface area contributed by atoms with Crippen molar-refractivity contribution in [2.45, 2.75) is 43.5 Å². The first kappa shape index (κ1) is 19.8. The Morgan fingerprint density at radius 3 is 2.69 bits per heavy atom. The Hall–Kier alpha value is -2.52. The van der Waals surface area contributed by atoms with Gasteiger partial charge in [0, 0.05) is 26.2 Å². The molecule has 2 aromatic heterocycles. The van der Waals surface area contributed by atoms with E-state index in [9.17, 15) is 12.8 Å². The molecule has 0 N–H and O–H groups in total. The molecule has 1 aromatic carbocycles. The predicted molar refractivity (Wildman–Crippen MR) is 104 cm³/mol. The van der Waals surface area contributed by atoms with Crippen molar-refractivity contribution in [2.24, 2.45) is 7.05 Å². The lowest BCUT2D eigenvalue weighted by atomic mass is 10.1. The summed E-state index contributed by atoms with van der Waals surface area (Å²) < 4.78 is 48.6. The maximum absolute atomic E-state index is 13.3. The van der Waals surface area contributed by atoms with Crippen LogP contribution in [0.15, 0.2) is 46.0 Å². The summed E-state index contributed by atoms with van der Waals surface area (Å²) in [4.78, 5) is 4.58. The van der Waals surface area contributed by atoms with Crippen molar-refractivity contribution >= 4 is 10.0 Å². The first-order chi connectivity index (χ1) is 13.8. The second-order valence-electron chi connectivity index (χ2n) is 7.35. The molecule has 3 aromatic rings. The van der Waals surface area contributed by atoms with E-state index in [1.54, 1.807) is 32.3 Å². The number of aromatic nitrogens is 3. The van der Waals surface area contributed by atoms with E-state index in [2.05, 4.69) is 10.1 Å². The summed E-state index contributed by atoms with van der Waals surface area (Å²) in [6.45, 7) is 2.11. The van der Waals surface area contributed by atoms with Gasteiger partial charge in [-0.2, -0.15) is 9.40 Å². The Balaban J connectivity index is 1.60. The van der Waals surface area contributed by atoms with Crippen LogP contribution in [-0.2, 0) is 23.5 Å². The Kier molecular flexibility index (Phi) is 5.26. The summed E-state index contributed by atoms with van der Waals surface area (Å²) in [6, 6.07) is 5.74. The van der Waals surface area contributed by atoms with E-state index in [1.165, 1.54) is 27.3 Å². The first-order valence-electron chi connectivity index (χ1n) is 9.56. The quantitative estimate of drug-likeness (QED) is 0.635. The van der Waals surface area contributed by atoms with Gasteiger partial charge in [0.2, 0.25) is 15.9 Å². The molecule has 1 fully saturated rings. The lowest BCUT2D eigenvalue weighted by molar-refractivity contribution is 0.216. The molecule has 4 rings (SSSR count). The van der Waals surface area contributed by atoms with Crippen molar-refractivity contribution in [3.05, 3.63) is 65.4 Å². The van der Waals surface area contributed by atoms with E-state index in [-0.39, 0.29) is 10.7 Å².